The highest BCUT2D eigenvalue weighted by Gasteiger charge is 2.33. The molecule has 1 fully saturated rings. The molecule has 0 saturated carbocycles. The van der Waals surface area contributed by atoms with Crippen molar-refractivity contribution in [3.8, 4) is 17.2 Å². The highest BCUT2D eigenvalue weighted by atomic mass is 32.2. The number of thiocarbonyl (C=S) groups is 1. The van der Waals surface area contributed by atoms with Crippen molar-refractivity contribution in [3.63, 3.8) is 0 Å². The van der Waals surface area contributed by atoms with Gasteiger partial charge < -0.3 is 14.6 Å². The van der Waals surface area contributed by atoms with Gasteiger partial charge in [0.2, 0.25) is 5.75 Å². The first-order valence-corrected chi connectivity index (χ1v) is 9.64. The average Bonchev–Trinajstić information content (AvgIpc) is 2.97. The second kappa shape index (κ2) is 8.50. The van der Waals surface area contributed by atoms with Gasteiger partial charge in [0.1, 0.15) is 5.75 Å². The van der Waals surface area contributed by atoms with E-state index in [0.29, 0.717) is 26.2 Å². The fraction of sp³-hybridized carbons (Fsp3) is 0.158. The van der Waals surface area contributed by atoms with Crippen LogP contribution in [0.4, 0.5) is 11.4 Å². The molecule has 2 aromatic carbocycles. The number of amides is 1. The van der Waals surface area contributed by atoms with Crippen molar-refractivity contribution in [2.75, 3.05) is 18.6 Å². The molecule has 10 heteroatoms. The van der Waals surface area contributed by atoms with E-state index in [1.54, 1.807) is 38.3 Å². The standard InChI is InChI=1S/C19H16N2O6S2/c1-3-27-15-9-11(8-14(17(15)22)21(24)25)10-16-18(23)20(19(28)29-16)12-4-6-13(26-2)7-5-12/h4-10,22H,3H2,1-2H3/b16-10+. The first-order valence-electron chi connectivity index (χ1n) is 8.42. The van der Waals surface area contributed by atoms with Crippen molar-refractivity contribution in [2.45, 2.75) is 6.92 Å². The van der Waals surface area contributed by atoms with Crippen LogP contribution in [0.2, 0.25) is 0 Å². The van der Waals surface area contributed by atoms with Crippen LogP contribution in [0, 0.1) is 10.1 Å². The van der Waals surface area contributed by atoms with Crippen molar-refractivity contribution in [1.29, 1.82) is 0 Å². The van der Waals surface area contributed by atoms with Crippen LogP contribution in [0.5, 0.6) is 17.2 Å². The minimum Gasteiger partial charge on any atom is -0.500 e. The Labute approximate surface area is 175 Å². The molecule has 0 bridgehead atoms. The summed E-state index contributed by atoms with van der Waals surface area (Å²) in [5.41, 5.74) is 0.421. The monoisotopic (exact) mass is 432 g/mol. The highest BCUT2D eigenvalue weighted by molar-refractivity contribution is 8.27. The van der Waals surface area contributed by atoms with E-state index in [9.17, 15) is 20.0 Å². The molecule has 1 saturated heterocycles. The maximum atomic E-state index is 12.9. The van der Waals surface area contributed by atoms with Gasteiger partial charge in [-0.05, 0) is 48.9 Å². The molecule has 29 heavy (non-hydrogen) atoms. The van der Waals surface area contributed by atoms with E-state index in [4.69, 9.17) is 21.7 Å². The van der Waals surface area contributed by atoms with Gasteiger partial charge in [0, 0.05) is 6.07 Å². The number of ether oxygens (including phenoxy) is 2. The Balaban J connectivity index is 1.97. The molecule has 1 N–H and O–H groups in total. The number of thioether (sulfide) groups is 1. The van der Waals surface area contributed by atoms with E-state index in [-0.39, 0.29) is 18.3 Å². The summed E-state index contributed by atoms with van der Waals surface area (Å²) in [7, 11) is 1.55. The van der Waals surface area contributed by atoms with Crippen LogP contribution in [0.15, 0.2) is 41.3 Å². The van der Waals surface area contributed by atoms with Crippen LogP contribution in [0.3, 0.4) is 0 Å². The largest absolute Gasteiger partial charge is 0.500 e. The molecule has 1 amide bonds. The average molecular weight is 432 g/mol. The molecule has 0 aliphatic carbocycles. The molecule has 0 spiro atoms. The number of methoxy groups -OCH3 is 1. The van der Waals surface area contributed by atoms with Gasteiger partial charge in [-0.1, -0.05) is 24.0 Å². The molecule has 1 heterocycles. The zero-order chi connectivity index (χ0) is 21.1. The Morgan fingerprint density at radius 2 is 2.00 bits per heavy atom. The minimum absolute atomic E-state index is 0.0291. The number of carbonyl (C=O) groups excluding carboxylic acids is 1. The van der Waals surface area contributed by atoms with Crippen molar-refractivity contribution in [1.82, 2.24) is 0 Å². The SMILES string of the molecule is CCOc1cc(/C=C2/SC(=S)N(c3ccc(OC)cc3)C2=O)cc([N+](=O)[O-])c1O. The zero-order valence-electron chi connectivity index (χ0n) is 15.4. The van der Waals surface area contributed by atoms with Crippen LogP contribution in [0.1, 0.15) is 12.5 Å². The third-order valence-electron chi connectivity index (χ3n) is 4.00. The van der Waals surface area contributed by atoms with Crippen molar-refractivity contribution >= 4 is 51.7 Å². The number of hydrogen-bond donors (Lipinski definition) is 1. The molecule has 2 aromatic rings. The second-order valence-electron chi connectivity index (χ2n) is 5.79. The number of phenolic OH excluding ortho intramolecular Hbond substituents is 1. The number of benzene rings is 2. The molecule has 8 nitrogen and oxygen atoms in total. The van der Waals surface area contributed by atoms with Gasteiger partial charge in [0.15, 0.2) is 10.1 Å². The normalized spacial score (nSPS) is 15.1. The molecule has 1 aliphatic heterocycles. The summed E-state index contributed by atoms with van der Waals surface area (Å²) in [5.74, 6) is -0.285. The summed E-state index contributed by atoms with van der Waals surface area (Å²) in [4.78, 5) is 25.1. The fourth-order valence-corrected chi connectivity index (χ4v) is 3.97. The topological polar surface area (TPSA) is 102 Å². The molecule has 150 valence electrons. The molecular weight excluding hydrogens is 416 g/mol. The van der Waals surface area contributed by atoms with E-state index < -0.39 is 16.4 Å². The Kier molecular flexibility index (Phi) is 6.04. The van der Waals surface area contributed by atoms with Gasteiger partial charge >= 0.3 is 5.69 Å². The fourth-order valence-electron chi connectivity index (χ4n) is 2.67. The second-order valence-corrected chi connectivity index (χ2v) is 7.47. The summed E-state index contributed by atoms with van der Waals surface area (Å²) in [6, 6.07) is 9.48. The van der Waals surface area contributed by atoms with Gasteiger partial charge in [0.25, 0.3) is 5.91 Å². The number of hydrogen-bond acceptors (Lipinski definition) is 8. The van der Waals surface area contributed by atoms with E-state index in [0.717, 1.165) is 11.8 Å². The molecule has 0 atom stereocenters. The number of carbonyl (C=O) groups is 1. The maximum Gasteiger partial charge on any atom is 0.315 e. The molecule has 3 rings (SSSR count). The molecule has 0 aromatic heterocycles. The van der Waals surface area contributed by atoms with Gasteiger partial charge in [-0.15, -0.1) is 0 Å². The number of nitro benzene ring substituents is 1. The lowest BCUT2D eigenvalue weighted by Gasteiger charge is -2.14. The van der Waals surface area contributed by atoms with Gasteiger partial charge in [-0.3, -0.25) is 19.8 Å². The van der Waals surface area contributed by atoms with E-state index >= 15 is 0 Å². The number of nitro groups is 1. The van der Waals surface area contributed by atoms with Crippen LogP contribution in [0.25, 0.3) is 6.08 Å². The number of nitrogens with zero attached hydrogens (tertiary/aromatic N) is 2. The first kappa shape index (κ1) is 20.6. The minimum atomic E-state index is -0.711. The van der Waals surface area contributed by atoms with Crippen molar-refractivity contribution < 1.29 is 24.3 Å². The maximum absolute atomic E-state index is 12.9. The molecule has 0 unspecified atom stereocenters. The summed E-state index contributed by atoms with van der Waals surface area (Å²) in [5, 5.41) is 21.2. The Hall–Kier alpha value is -3.11. The number of rotatable bonds is 6. The lowest BCUT2D eigenvalue weighted by atomic mass is 10.1. The van der Waals surface area contributed by atoms with Crippen molar-refractivity contribution in [3.05, 3.63) is 57.0 Å². The quantitative estimate of drug-likeness (QED) is 0.315. The van der Waals surface area contributed by atoms with Crippen LogP contribution in [-0.2, 0) is 4.79 Å². The van der Waals surface area contributed by atoms with Crippen LogP contribution < -0.4 is 14.4 Å². The van der Waals surface area contributed by atoms with Gasteiger partial charge in [-0.25, -0.2) is 0 Å². The van der Waals surface area contributed by atoms with Crippen LogP contribution >= 0.6 is 24.0 Å². The number of phenols is 1. The van der Waals surface area contributed by atoms with E-state index in [2.05, 4.69) is 0 Å². The first-order chi connectivity index (χ1) is 13.8. The van der Waals surface area contributed by atoms with E-state index in [1.807, 2.05) is 0 Å². The van der Waals surface area contributed by atoms with Gasteiger partial charge in [0.05, 0.1) is 29.2 Å². The van der Waals surface area contributed by atoms with E-state index in [1.165, 1.54) is 23.1 Å². The smallest absolute Gasteiger partial charge is 0.315 e. The third kappa shape index (κ3) is 4.17. The lowest BCUT2D eigenvalue weighted by Crippen LogP contribution is -2.27. The summed E-state index contributed by atoms with van der Waals surface area (Å²) < 4.78 is 10.7. The molecule has 1 aliphatic rings. The Bertz CT molecular complexity index is 1020. The van der Waals surface area contributed by atoms with Crippen LogP contribution in [-0.4, -0.2) is 34.0 Å². The molecular formula is C19H16N2O6S2. The number of aromatic hydroxyl groups is 1. The van der Waals surface area contributed by atoms with Gasteiger partial charge in [-0.2, -0.15) is 0 Å². The zero-order valence-corrected chi connectivity index (χ0v) is 17.1. The Morgan fingerprint density at radius 1 is 1.31 bits per heavy atom. The summed E-state index contributed by atoms with van der Waals surface area (Å²) in [6.45, 7) is 1.91. The molecule has 0 radical (unpaired) electrons. The van der Waals surface area contributed by atoms with Crippen molar-refractivity contribution in [2.24, 2.45) is 0 Å². The predicted octanol–water partition coefficient (Wildman–Crippen LogP) is 4.11. The predicted molar refractivity (Wildman–Crippen MR) is 115 cm³/mol. The summed E-state index contributed by atoms with van der Waals surface area (Å²) in [6.07, 6.45) is 1.48. The lowest BCUT2D eigenvalue weighted by molar-refractivity contribution is -0.386. The summed E-state index contributed by atoms with van der Waals surface area (Å²) >= 11 is 6.42. The third-order valence-corrected chi connectivity index (χ3v) is 5.30. The Morgan fingerprint density at radius 3 is 2.59 bits per heavy atom. The highest BCUT2D eigenvalue weighted by Crippen LogP contribution is 2.40. The number of anilines is 1.